The van der Waals surface area contributed by atoms with Crippen molar-refractivity contribution < 1.29 is 34.7 Å². The number of hydrogen-bond donors (Lipinski definition) is 11. The summed E-state index contributed by atoms with van der Waals surface area (Å²) in [6.07, 6.45) is 18.3. The third-order valence-electron chi connectivity index (χ3n) is 13.7. The number of ether oxygens (including phenoxy) is 1. The van der Waals surface area contributed by atoms with Crippen molar-refractivity contribution in [3.05, 3.63) is 93.5 Å². The monoisotopic (exact) mass is 875 g/mol. The molecular weight excluding hydrogens is 797 g/mol. The number of aromatic hydroxyl groups is 1. The number of aromatic amines is 1. The smallest absolute Gasteiger partial charge is 0.161 e. The number of dihydropyridines is 1. The number of aromatic nitrogens is 1. The molecule has 0 bridgehead atoms. The van der Waals surface area contributed by atoms with E-state index in [9.17, 15) is 25.5 Å². The van der Waals surface area contributed by atoms with Crippen molar-refractivity contribution in [1.29, 1.82) is 0 Å². The SMILES string of the molecule is CNC[C@H](NC[C@H](C)O)[C@@H]1c2cc([C@@H](O)COc3cc(CCc4cc(CO)c(CCCCCC[C@H](N)CC[C@H](O)CCC5=CCNC(N)=C5)o4)ccc3O)[nH]c2CC[C@H]2CCC[C@@H]21. The second-order valence-electron chi connectivity index (χ2n) is 18.7. The molecule has 13 heteroatoms. The van der Waals surface area contributed by atoms with Gasteiger partial charge in [0.2, 0.25) is 0 Å². The number of benzene rings is 1. The number of allylic oxidation sites excluding steroid dienone is 2. The van der Waals surface area contributed by atoms with Gasteiger partial charge in [0.25, 0.3) is 0 Å². The molecule has 0 amide bonds. The molecule has 2 aliphatic carbocycles. The minimum atomic E-state index is -0.911. The van der Waals surface area contributed by atoms with Gasteiger partial charge in [0.15, 0.2) is 11.5 Å². The Balaban J connectivity index is 0.935. The zero-order valence-electron chi connectivity index (χ0n) is 37.9. The molecule has 1 saturated carbocycles. The van der Waals surface area contributed by atoms with E-state index in [-0.39, 0.29) is 43.1 Å². The number of aliphatic hydroxyl groups excluding tert-OH is 4. The average Bonchev–Trinajstić information content (AvgIpc) is 4.01. The van der Waals surface area contributed by atoms with E-state index < -0.39 is 12.2 Å². The van der Waals surface area contributed by atoms with Crippen LogP contribution in [0.15, 0.2) is 58.3 Å². The second-order valence-corrected chi connectivity index (χ2v) is 18.7. The fourth-order valence-corrected chi connectivity index (χ4v) is 10.3. The molecule has 3 heterocycles. The van der Waals surface area contributed by atoms with Gasteiger partial charge in [0.05, 0.1) is 24.6 Å². The molecule has 6 rings (SSSR count). The van der Waals surface area contributed by atoms with Crippen molar-refractivity contribution in [1.82, 2.24) is 20.9 Å². The van der Waals surface area contributed by atoms with Crippen LogP contribution in [0.25, 0.3) is 0 Å². The molecule has 0 spiro atoms. The Bertz CT molecular complexity index is 1910. The Morgan fingerprint density at radius 2 is 1.78 bits per heavy atom. The van der Waals surface area contributed by atoms with Gasteiger partial charge in [-0.3, -0.25) is 0 Å². The maximum atomic E-state index is 11.4. The molecule has 63 heavy (non-hydrogen) atoms. The zero-order chi connectivity index (χ0) is 44.7. The number of likely N-dealkylation sites (N-methyl/N-ethyl adjacent to an activating group) is 1. The first-order valence-corrected chi connectivity index (χ1v) is 24.0. The number of phenols is 1. The van der Waals surface area contributed by atoms with Gasteiger partial charge in [-0.1, -0.05) is 44.2 Å². The van der Waals surface area contributed by atoms with Crippen LogP contribution in [-0.2, 0) is 32.3 Å². The van der Waals surface area contributed by atoms with Crippen LogP contribution < -0.4 is 32.2 Å². The van der Waals surface area contributed by atoms with Gasteiger partial charge < -0.3 is 67.1 Å². The van der Waals surface area contributed by atoms with E-state index in [0.717, 1.165) is 106 Å². The van der Waals surface area contributed by atoms with Crippen LogP contribution in [0.4, 0.5) is 0 Å². The van der Waals surface area contributed by atoms with Crippen molar-refractivity contribution in [2.75, 3.05) is 33.3 Å². The Labute approximate surface area is 375 Å². The van der Waals surface area contributed by atoms with Gasteiger partial charge in [-0.15, -0.1) is 0 Å². The summed E-state index contributed by atoms with van der Waals surface area (Å²) in [6, 6.07) is 9.65. The van der Waals surface area contributed by atoms with Gasteiger partial charge in [0, 0.05) is 67.4 Å². The molecule has 13 nitrogen and oxygen atoms in total. The van der Waals surface area contributed by atoms with E-state index in [4.69, 9.17) is 20.6 Å². The lowest BCUT2D eigenvalue weighted by Gasteiger charge is -2.35. The maximum absolute atomic E-state index is 11.4. The average molecular weight is 875 g/mol. The van der Waals surface area contributed by atoms with Crippen molar-refractivity contribution in [3.63, 3.8) is 0 Å². The van der Waals surface area contributed by atoms with Gasteiger partial charge in [-0.25, -0.2) is 0 Å². The predicted molar refractivity (Wildman–Crippen MR) is 248 cm³/mol. The van der Waals surface area contributed by atoms with Gasteiger partial charge in [-0.05, 0) is 137 Å². The molecule has 0 unspecified atom stereocenters. The molecule has 0 saturated heterocycles. The molecule has 1 aromatic carbocycles. The van der Waals surface area contributed by atoms with Gasteiger partial charge >= 0.3 is 0 Å². The highest BCUT2D eigenvalue weighted by atomic mass is 16.5. The second kappa shape index (κ2) is 24.5. The summed E-state index contributed by atoms with van der Waals surface area (Å²) in [6.45, 7) is 3.78. The molecule has 2 aromatic heterocycles. The summed E-state index contributed by atoms with van der Waals surface area (Å²) in [5.41, 5.74) is 18.4. The van der Waals surface area contributed by atoms with E-state index in [1.807, 2.05) is 38.2 Å². The minimum absolute atomic E-state index is 0.0157. The quantitative estimate of drug-likeness (QED) is 0.0410. The summed E-state index contributed by atoms with van der Waals surface area (Å²) < 4.78 is 12.3. The lowest BCUT2D eigenvalue weighted by molar-refractivity contribution is 0.103. The van der Waals surface area contributed by atoms with Crippen molar-refractivity contribution in [2.24, 2.45) is 23.3 Å². The topological polar surface area (TPSA) is 227 Å². The fraction of sp³-hybridized carbons (Fsp3) is 0.640. The van der Waals surface area contributed by atoms with Crippen LogP contribution in [0.5, 0.6) is 11.5 Å². The largest absolute Gasteiger partial charge is 0.504 e. The molecule has 1 fully saturated rings. The predicted octanol–water partition coefficient (Wildman–Crippen LogP) is 5.78. The highest BCUT2D eigenvalue weighted by Gasteiger charge is 2.42. The van der Waals surface area contributed by atoms with Crippen LogP contribution in [-0.4, -0.2) is 88.1 Å². The van der Waals surface area contributed by atoms with E-state index in [0.29, 0.717) is 55.6 Å². The number of fused-ring (bicyclic) bond motifs is 2. The fourth-order valence-electron chi connectivity index (χ4n) is 10.3. The third-order valence-corrected chi connectivity index (χ3v) is 13.7. The molecule has 0 radical (unpaired) electrons. The lowest BCUT2D eigenvalue weighted by atomic mass is 9.76. The number of nitrogens with two attached hydrogens (primary N) is 2. The number of nitrogens with one attached hydrogen (secondary N) is 4. The number of H-pyrrole nitrogens is 1. The first kappa shape index (κ1) is 48.6. The van der Waals surface area contributed by atoms with Crippen LogP contribution in [0.2, 0.25) is 0 Å². The summed E-state index contributed by atoms with van der Waals surface area (Å²) in [7, 11) is 1.97. The number of unbranched alkanes of at least 4 members (excludes halogenated alkanes) is 3. The van der Waals surface area contributed by atoms with Crippen molar-refractivity contribution in [2.45, 2.75) is 159 Å². The van der Waals surface area contributed by atoms with Gasteiger partial charge in [0.1, 0.15) is 24.2 Å². The maximum Gasteiger partial charge on any atom is 0.161 e. The first-order valence-electron chi connectivity index (χ1n) is 24.0. The molecule has 3 aliphatic rings. The van der Waals surface area contributed by atoms with E-state index >= 15 is 0 Å². The standard InChI is InChI=1S/C50H78N6O7/c1-32(58)28-55-44(29-53-2)50-40-10-7-8-35(40)15-20-42-41(50)27-43(56-42)46(61)31-62-48-24-33(14-21-45(48)60)13-19-39-26-36(30-57)47(63-39)11-6-4-3-5-9-37(51)16-18-38(59)17-12-34-22-23-54-49(52)25-34/h14,21-22,24-27,32,35,37-38,40,44,46,50,53-61H,3-13,15-20,23,28-31,51-52H2,1-2H3/t32-,35+,37-,38+,40-,44-,46-,50-/m0/s1. The Morgan fingerprint density at radius 1 is 0.937 bits per heavy atom. The van der Waals surface area contributed by atoms with Crippen molar-refractivity contribution >= 4 is 0 Å². The normalized spacial score (nSPS) is 21.0. The molecule has 350 valence electrons. The highest BCUT2D eigenvalue weighted by Crippen LogP contribution is 2.49. The molecule has 3 aromatic rings. The van der Waals surface area contributed by atoms with E-state index in [1.165, 1.54) is 36.1 Å². The Hall–Kier alpha value is -3.82. The number of aryl methyl sites for hydroxylation is 4. The van der Waals surface area contributed by atoms with Crippen LogP contribution in [0.3, 0.4) is 0 Å². The summed E-state index contributed by atoms with van der Waals surface area (Å²) in [5, 5.41) is 62.9. The van der Waals surface area contributed by atoms with Crippen LogP contribution in [0.1, 0.15) is 142 Å². The highest BCUT2D eigenvalue weighted by molar-refractivity contribution is 5.42. The lowest BCUT2D eigenvalue weighted by Crippen LogP contribution is -2.47. The number of rotatable bonds is 27. The minimum Gasteiger partial charge on any atom is -0.504 e. The van der Waals surface area contributed by atoms with E-state index in [2.05, 4.69) is 33.1 Å². The molecule has 8 atom stereocenters. The summed E-state index contributed by atoms with van der Waals surface area (Å²) >= 11 is 0. The molecule has 13 N–H and O–H groups in total. The van der Waals surface area contributed by atoms with Crippen LogP contribution in [0, 0.1) is 11.8 Å². The summed E-state index contributed by atoms with van der Waals surface area (Å²) in [4.78, 5) is 3.57. The summed E-state index contributed by atoms with van der Waals surface area (Å²) in [5.74, 6) is 4.16. The zero-order valence-corrected chi connectivity index (χ0v) is 37.9. The Kier molecular flexibility index (Phi) is 18.9. The van der Waals surface area contributed by atoms with E-state index in [1.54, 1.807) is 6.07 Å². The first-order chi connectivity index (χ1) is 30.5. The number of aliphatic hydroxyl groups is 4. The third kappa shape index (κ3) is 14.3. The van der Waals surface area contributed by atoms with Crippen molar-refractivity contribution in [3.8, 4) is 11.5 Å². The number of phenolic OH excluding ortho intramolecular Hbond substituents is 1. The Morgan fingerprint density at radius 3 is 2.57 bits per heavy atom. The molecule has 1 aliphatic heterocycles. The van der Waals surface area contributed by atoms with Crippen LogP contribution >= 0.6 is 0 Å². The number of furan rings is 1. The molecular formula is C50H78N6O7. The number of hydrogen-bond acceptors (Lipinski definition) is 12. The van der Waals surface area contributed by atoms with Gasteiger partial charge in [-0.2, -0.15) is 0 Å².